The fraction of sp³-hybridized carbons (Fsp3) is 0. The van der Waals surface area contributed by atoms with Crippen molar-refractivity contribution in [1.82, 2.24) is 25.1 Å². The van der Waals surface area contributed by atoms with Gasteiger partial charge >= 0.3 is 0 Å². The average Bonchev–Trinajstić information content (AvgIpc) is 2.69. The van der Waals surface area contributed by atoms with Crippen LogP contribution in [0.4, 0.5) is 13.2 Å². The summed E-state index contributed by atoms with van der Waals surface area (Å²) in [6, 6.07) is 9.35. The van der Waals surface area contributed by atoms with Gasteiger partial charge in [-0.05, 0) is 42.5 Å². The molecule has 0 saturated carbocycles. The lowest BCUT2D eigenvalue weighted by atomic mass is 10.0. The van der Waals surface area contributed by atoms with E-state index in [9.17, 15) is 13.2 Å². The first-order valence-corrected chi connectivity index (χ1v) is 7.85. The molecule has 0 aliphatic rings. The van der Waals surface area contributed by atoms with Crippen LogP contribution in [0.2, 0.25) is 0 Å². The number of aromatic nitrogens is 5. The second kappa shape index (κ2) is 6.91. The number of hydrogen-bond acceptors (Lipinski definition) is 5. The average molecular weight is 365 g/mol. The highest BCUT2D eigenvalue weighted by molar-refractivity contribution is 5.70. The Bertz CT molecular complexity index is 1130. The Labute approximate surface area is 151 Å². The van der Waals surface area contributed by atoms with Crippen molar-refractivity contribution in [2.24, 2.45) is 0 Å². The largest absolute Gasteiger partial charge is 0.253 e. The summed E-state index contributed by atoms with van der Waals surface area (Å²) < 4.78 is 42.2. The molecule has 1 aromatic carbocycles. The molecule has 0 aliphatic carbocycles. The molecule has 0 saturated heterocycles. The third-order valence-corrected chi connectivity index (χ3v) is 3.80. The molecule has 27 heavy (non-hydrogen) atoms. The first-order chi connectivity index (χ1) is 13.1. The molecule has 3 aromatic heterocycles. The SMILES string of the molecule is Fc1ccc(-c2cnnc(-c3ncccc3F)n2)cc1-c1ncccc1F. The van der Waals surface area contributed by atoms with E-state index in [2.05, 4.69) is 25.1 Å². The Morgan fingerprint density at radius 1 is 0.741 bits per heavy atom. The molecular weight excluding hydrogens is 355 g/mol. The molecule has 0 amide bonds. The maximum atomic E-state index is 14.2. The molecule has 4 rings (SSSR count). The van der Waals surface area contributed by atoms with Gasteiger partial charge in [0, 0.05) is 23.5 Å². The summed E-state index contributed by atoms with van der Waals surface area (Å²) in [5, 5.41) is 7.62. The first kappa shape index (κ1) is 16.8. The topological polar surface area (TPSA) is 64.5 Å². The van der Waals surface area contributed by atoms with Crippen LogP contribution in [0.1, 0.15) is 0 Å². The second-order valence-corrected chi connectivity index (χ2v) is 5.53. The molecule has 0 unspecified atom stereocenters. The van der Waals surface area contributed by atoms with Crippen molar-refractivity contribution in [2.75, 3.05) is 0 Å². The molecule has 3 heterocycles. The van der Waals surface area contributed by atoms with Crippen molar-refractivity contribution >= 4 is 0 Å². The highest BCUT2D eigenvalue weighted by Crippen LogP contribution is 2.28. The van der Waals surface area contributed by atoms with Gasteiger partial charge in [0.05, 0.1) is 11.9 Å². The Hall–Kier alpha value is -3.68. The van der Waals surface area contributed by atoms with Gasteiger partial charge in [0.1, 0.15) is 23.0 Å². The molecule has 0 atom stereocenters. The molecule has 132 valence electrons. The quantitative estimate of drug-likeness (QED) is 0.547. The van der Waals surface area contributed by atoms with E-state index >= 15 is 0 Å². The lowest BCUT2D eigenvalue weighted by Crippen LogP contribution is -1.99. The van der Waals surface area contributed by atoms with Crippen LogP contribution in [0.5, 0.6) is 0 Å². The van der Waals surface area contributed by atoms with Crippen LogP contribution >= 0.6 is 0 Å². The summed E-state index contributed by atoms with van der Waals surface area (Å²) >= 11 is 0. The van der Waals surface area contributed by atoms with Gasteiger partial charge in [-0.1, -0.05) is 0 Å². The van der Waals surface area contributed by atoms with E-state index in [0.29, 0.717) is 11.3 Å². The zero-order valence-corrected chi connectivity index (χ0v) is 13.6. The van der Waals surface area contributed by atoms with E-state index in [1.54, 1.807) is 0 Å². The van der Waals surface area contributed by atoms with Gasteiger partial charge in [-0.3, -0.25) is 4.98 Å². The van der Waals surface area contributed by atoms with Gasteiger partial charge < -0.3 is 0 Å². The van der Waals surface area contributed by atoms with Gasteiger partial charge in [0.15, 0.2) is 5.82 Å². The molecule has 0 N–H and O–H groups in total. The highest BCUT2D eigenvalue weighted by Gasteiger charge is 2.15. The summed E-state index contributed by atoms with van der Waals surface area (Å²) in [4.78, 5) is 12.1. The van der Waals surface area contributed by atoms with Crippen LogP contribution < -0.4 is 0 Å². The molecular formula is C19H10F3N5. The van der Waals surface area contributed by atoms with E-state index < -0.39 is 17.5 Å². The minimum atomic E-state index is -0.648. The van der Waals surface area contributed by atoms with Gasteiger partial charge in [-0.2, -0.15) is 5.10 Å². The molecule has 0 fully saturated rings. The van der Waals surface area contributed by atoms with E-state index in [1.165, 1.54) is 61.1 Å². The standard InChI is InChI=1S/C19H10F3N5/c20-13-6-5-11(9-12(13)17-14(21)3-1-7-23-17)16-10-25-27-19(26-16)18-15(22)4-2-8-24-18/h1-10H. The zero-order chi connectivity index (χ0) is 18.8. The number of halogens is 3. The molecule has 0 spiro atoms. The molecule has 0 bridgehead atoms. The van der Waals surface area contributed by atoms with Crippen molar-refractivity contribution in [3.8, 4) is 34.0 Å². The predicted molar refractivity (Wildman–Crippen MR) is 91.6 cm³/mol. The molecule has 4 aromatic rings. The fourth-order valence-corrected chi connectivity index (χ4v) is 2.54. The number of hydrogen-bond donors (Lipinski definition) is 0. The molecule has 5 nitrogen and oxygen atoms in total. The van der Waals surface area contributed by atoms with Gasteiger partial charge in [0.25, 0.3) is 0 Å². The summed E-state index contributed by atoms with van der Waals surface area (Å²) in [5.74, 6) is -1.88. The number of rotatable bonds is 3. The Morgan fingerprint density at radius 3 is 2.15 bits per heavy atom. The Balaban J connectivity index is 1.81. The van der Waals surface area contributed by atoms with Crippen LogP contribution in [0.25, 0.3) is 34.0 Å². The third-order valence-electron chi connectivity index (χ3n) is 3.80. The minimum absolute atomic E-state index is 0.0134. The summed E-state index contributed by atoms with van der Waals surface area (Å²) in [7, 11) is 0. The van der Waals surface area contributed by atoms with E-state index in [4.69, 9.17) is 0 Å². The highest BCUT2D eigenvalue weighted by atomic mass is 19.1. The van der Waals surface area contributed by atoms with Gasteiger partial charge in [-0.15, -0.1) is 5.10 Å². The van der Waals surface area contributed by atoms with E-state index in [-0.39, 0.29) is 22.8 Å². The Morgan fingerprint density at radius 2 is 1.44 bits per heavy atom. The van der Waals surface area contributed by atoms with E-state index in [1.807, 2.05) is 0 Å². The smallest absolute Gasteiger partial charge is 0.204 e. The van der Waals surface area contributed by atoms with Crippen LogP contribution in [0.15, 0.2) is 61.1 Å². The first-order valence-electron chi connectivity index (χ1n) is 7.85. The lowest BCUT2D eigenvalue weighted by Gasteiger charge is -2.08. The monoisotopic (exact) mass is 365 g/mol. The van der Waals surface area contributed by atoms with Crippen LogP contribution in [-0.2, 0) is 0 Å². The number of benzene rings is 1. The predicted octanol–water partition coefficient (Wildman–Crippen LogP) is 4.08. The third kappa shape index (κ3) is 3.24. The zero-order valence-electron chi connectivity index (χ0n) is 13.6. The van der Waals surface area contributed by atoms with Crippen LogP contribution in [0, 0.1) is 17.5 Å². The molecule has 0 aliphatic heterocycles. The second-order valence-electron chi connectivity index (χ2n) is 5.53. The fourth-order valence-electron chi connectivity index (χ4n) is 2.54. The van der Waals surface area contributed by atoms with Gasteiger partial charge in [-0.25, -0.2) is 23.1 Å². The van der Waals surface area contributed by atoms with Gasteiger partial charge in [0.2, 0.25) is 5.82 Å². The minimum Gasteiger partial charge on any atom is -0.253 e. The van der Waals surface area contributed by atoms with Crippen LogP contribution in [0.3, 0.4) is 0 Å². The van der Waals surface area contributed by atoms with Crippen molar-refractivity contribution in [3.05, 3.63) is 78.5 Å². The maximum Gasteiger partial charge on any atom is 0.204 e. The normalized spacial score (nSPS) is 10.8. The van der Waals surface area contributed by atoms with Crippen molar-refractivity contribution in [3.63, 3.8) is 0 Å². The Kier molecular flexibility index (Phi) is 4.29. The van der Waals surface area contributed by atoms with Crippen molar-refractivity contribution in [1.29, 1.82) is 0 Å². The lowest BCUT2D eigenvalue weighted by molar-refractivity contribution is 0.611. The summed E-state index contributed by atoms with van der Waals surface area (Å²) in [5.41, 5.74) is 0.571. The number of pyridine rings is 2. The van der Waals surface area contributed by atoms with Crippen molar-refractivity contribution in [2.45, 2.75) is 0 Å². The van der Waals surface area contributed by atoms with E-state index in [0.717, 1.165) is 0 Å². The molecule has 0 radical (unpaired) electrons. The van der Waals surface area contributed by atoms with Crippen LogP contribution in [-0.4, -0.2) is 25.1 Å². The maximum absolute atomic E-state index is 14.2. The van der Waals surface area contributed by atoms with Crippen molar-refractivity contribution < 1.29 is 13.2 Å². The number of nitrogens with zero attached hydrogens (tertiary/aromatic N) is 5. The summed E-state index contributed by atoms with van der Waals surface area (Å²) in [6.45, 7) is 0. The summed E-state index contributed by atoms with van der Waals surface area (Å²) in [6.07, 6.45) is 4.13. The molecule has 8 heteroatoms.